The Bertz CT molecular complexity index is 1070. The first-order valence-corrected chi connectivity index (χ1v) is 11.6. The Morgan fingerprint density at radius 1 is 1.06 bits per heavy atom. The summed E-state index contributed by atoms with van der Waals surface area (Å²) >= 11 is 6.14. The molecule has 0 spiro atoms. The molecule has 3 rings (SSSR count). The summed E-state index contributed by atoms with van der Waals surface area (Å²) in [5.41, 5.74) is 1.53. The lowest BCUT2D eigenvalue weighted by Crippen LogP contribution is -2.56. The van der Waals surface area contributed by atoms with E-state index < -0.39 is 29.9 Å². The topological polar surface area (TPSA) is 129 Å². The van der Waals surface area contributed by atoms with E-state index in [1.165, 1.54) is 9.80 Å². The number of benzene rings is 1. The number of ether oxygens (including phenoxy) is 1. The number of nitrogens with zero attached hydrogens (tertiary/aromatic N) is 3. The summed E-state index contributed by atoms with van der Waals surface area (Å²) in [7, 11) is 0. The molecule has 11 heteroatoms. The quantitative estimate of drug-likeness (QED) is 0.531. The monoisotopic (exact) mass is 502 g/mol. The van der Waals surface area contributed by atoms with Gasteiger partial charge in [-0.2, -0.15) is 0 Å². The highest BCUT2D eigenvalue weighted by Crippen LogP contribution is 2.23. The van der Waals surface area contributed by atoms with E-state index in [1.807, 2.05) is 30.3 Å². The number of carboxylic acids is 1. The van der Waals surface area contributed by atoms with E-state index in [1.54, 1.807) is 19.1 Å². The molecule has 35 heavy (non-hydrogen) atoms. The van der Waals surface area contributed by atoms with Crippen molar-refractivity contribution in [2.45, 2.75) is 25.8 Å². The number of piperazine rings is 1. The van der Waals surface area contributed by atoms with Crippen LogP contribution in [-0.4, -0.2) is 82.6 Å². The molecule has 1 saturated heterocycles. The first-order valence-electron chi connectivity index (χ1n) is 11.2. The van der Waals surface area contributed by atoms with Gasteiger partial charge in [0.15, 0.2) is 0 Å². The summed E-state index contributed by atoms with van der Waals surface area (Å²) < 4.78 is 4.99. The fraction of sp³-hybridized carbons (Fsp3) is 0.375. The number of carbonyl (C=O) groups excluding carboxylic acids is 3. The molecular weight excluding hydrogens is 476 g/mol. The third-order valence-corrected chi connectivity index (χ3v) is 5.70. The van der Waals surface area contributed by atoms with Gasteiger partial charge in [0, 0.05) is 32.6 Å². The number of amides is 3. The predicted molar refractivity (Wildman–Crippen MR) is 128 cm³/mol. The van der Waals surface area contributed by atoms with Crippen molar-refractivity contribution in [3.8, 4) is 11.1 Å². The summed E-state index contributed by atoms with van der Waals surface area (Å²) in [4.78, 5) is 56.3. The molecule has 1 aliphatic rings. The van der Waals surface area contributed by atoms with Gasteiger partial charge >= 0.3 is 12.1 Å². The second kappa shape index (κ2) is 12.2. The molecule has 2 N–H and O–H groups in total. The zero-order chi connectivity index (χ0) is 25.4. The molecule has 0 bridgehead atoms. The van der Waals surface area contributed by atoms with Crippen LogP contribution in [0.3, 0.4) is 0 Å². The molecule has 2 heterocycles. The molecule has 186 valence electrons. The minimum Gasteiger partial charge on any atom is -0.481 e. The van der Waals surface area contributed by atoms with E-state index >= 15 is 0 Å². The van der Waals surface area contributed by atoms with Crippen molar-refractivity contribution in [1.82, 2.24) is 20.1 Å². The first kappa shape index (κ1) is 26.0. The minimum absolute atomic E-state index is 0.0107. The van der Waals surface area contributed by atoms with Gasteiger partial charge < -0.3 is 25.0 Å². The number of carboxylic acid groups (broad SMARTS) is 1. The summed E-state index contributed by atoms with van der Waals surface area (Å²) in [6.45, 7) is 3.01. The highest BCUT2D eigenvalue weighted by molar-refractivity contribution is 6.29. The third-order valence-electron chi connectivity index (χ3n) is 5.50. The van der Waals surface area contributed by atoms with Crippen molar-refractivity contribution >= 4 is 35.5 Å². The highest BCUT2D eigenvalue weighted by atomic mass is 35.5. The number of aromatic nitrogens is 1. The molecule has 0 radical (unpaired) electrons. The van der Waals surface area contributed by atoms with Crippen molar-refractivity contribution in [3.63, 3.8) is 0 Å². The number of halogens is 1. The summed E-state index contributed by atoms with van der Waals surface area (Å²) in [6.07, 6.45) is -0.849. The molecule has 3 amide bonds. The Hall–Kier alpha value is -3.66. The van der Waals surface area contributed by atoms with Gasteiger partial charge in [0.1, 0.15) is 16.9 Å². The molecule has 1 unspecified atom stereocenters. The van der Waals surface area contributed by atoms with Crippen LogP contribution < -0.4 is 5.32 Å². The lowest BCUT2D eigenvalue weighted by molar-refractivity contribution is -0.138. The van der Waals surface area contributed by atoms with Crippen molar-refractivity contribution in [1.29, 1.82) is 0 Å². The van der Waals surface area contributed by atoms with Crippen molar-refractivity contribution in [3.05, 3.63) is 53.3 Å². The molecule has 1 aromatic carbocycles. The van der Waals surface area contributed by atoms with Crippen LogP contribution in [0.15, 0.2) is 42.5 Å². The molecular formula is C24H27ClN4O6. The standard InChI is InChI=1S/C24H27ClN4O6/c1-2-35-24(34)29-12-10-28(11-13-29)23(33)18(8-9-21(30)31)27-22(32)19-14-17(15-20(25)26-19)16-6-4-3-5-7-16/h3-7,14-15,18H,2,8-13H2,1H3,(H,27,32)(H,30,31). The van der Waals surface area contributed by atoms with Crippen LogP contribution in [-0.2, 0) is 14.3 Å². The van der Waals surface area contributed by atoms with Crippen LogP contribution in [0.5, 0.6) is 0 Å². The smallest absolute Gasteiger partial charge is 0.409 e. The van der Waals surface area contributed by atoms with Gasteiger partial charge in [0.05, 0.1) is 6.61 Å². The summed E-state index contributed by atoms with van der Waals surface area (Å²) in [5.74, 6) is -2.15. The van der Waals surface area contributed by atoms with Crippen LogP contribution in [0.4, 0.5) is 4.79 Å². The van der Waals surface area contributed by atoms with Gasteiger partial charge in [-0.15, -0.1) is 0 Å². The molecule has 1 atom stereocenters. The number of rotatable bonds is 8. The average Bonchev–Trinajstić information content (AvgIpc) is 2.86. The maximum Gasteiger partial charge on any atom is 0.409 e. The fourth-order valence-electron chi connectivity index (χ4n) is 3.71. The van der Waals surface area contributed by atoms with Crippen LogP contribution >= 0.6 is 11.6 Å². The van der Waals surface area contributed by atoms with Gasteiger partial charge in [-0.05, 0) is 36.6 Å². The average molecular weight is 503 g/mol. The second-order valence-electron chi connectivity index (χ2n) is 7.90. The number of nitrogens with one attached hydrogen (secondary N) is 1. The maximum atomic E-state index is 13.2. The van der Waals surface area contributed by atoms with Gasteiger partial charge in [-0.1, -0.05) is 41.9 Å². The Kier molecular flexibility index (Phi) is 9.02. The molecule has 0 aliphatic carbocycles. The van der Waals surface area contributed by atoms with Crippen molar-refractivity contribution in [2.75, 3.05) is 32.8 Å². The van der Waals surface area contributed by atoms with Gasteiger partial charge in [-0.25, -0.2) is 9.78 Å². The third kappa shape index (κ3) is 7.16. The zero-order valence-corrected chi connectivity index (χ0v) is 20.0. The van der Waals surface area contributed by atoms with Crippen molar-refractivity contribution in [2.24, 2.45) is 0 Å². The lowest BCUT2D eigenvalue weighted by Gasteiger charge is -2.35. The van der Waals surface area contributed by atoms with E-state index in [2.05, 4.69) is 10.3 Å². The number of aliphatic carboxylic acids is 1. The van der Waals surface area contributed by atoms with E-state index in [0.717, 1.165) is 5.56 Å². The molecule has 1 fully saturated rings. The minimum atomic E-state index is -1.09. The summed E-state index contributed by atoms with van der Waals surface area (Å²) in [5, 5.41) is 11.9. The van der Waals surface area contributed by atoms with E-state index in [9.17, 15) is 19.2 Å². The second-order valence-corrected chi connectivity index (χ2v) is 8.29. The van der Waals surface area contributed by atoms with Crippen LogP contribution in [0.25, 0.3) is 11.1 Å². The van der Waals surface area contributed by atoms with Gasteiger partial charge in [0.25, 0.3) is 5.91 Å². The molecule has 1 aromatic heterocycles. The SMILES string of the molecule is CCOC(=O)N1CCN(C(=O)C(CCC(=O)O)NC(=O)c2cc(-c3ccccc3)cc(Cl)n2)CC1. The Morgan fingerprint density at radius 3 is 2.34 bits per heavy atom. The van der Waals surface area contributed by atoms with Gasteiger partial charge in [-0.3, -0.25) is 14.4 Å². The lowest BCUT2D eigenvalue weighted by atomic mass is 10.1. The number of pyridine rings is 1. The fourth-order valence-corrected chi connectivity index (χ4v) is 3.92. The molecule has 2 aromatic rings. The van der Waals surface area contributed by atoms with Crippen LogP contribution in [0.1, 0.15) is 30.3 Å². The molecule has 0 saturated carbocycles. The predicted octanol–water partition coefficient (Wildman–Crippen LogP) is 2.67. The Labute approximate surface area is 207 Å². The Morgan fingerprint density at radius 2 is 1.71 bits per heavy atom. The maximum absolute atomic E-state index is 13.2. The first-order chi connectivity index (χ1) is 16.8. The van der Waals surface area contributed by atoms with Gasteiger partial charge in [0.2, 0.25) is 5.91 Å². The summed E-state index contributed by atoms with van der Waals surface area (Å²) in [6, 6.07) is 11.4. The molecule has 1 aliphatic heterocycles. The zero-order valence-electron chi connectivity index (χ0n) is 19.3. The number of carbonyl (C=O) groups is 4. The normalized spacial score (nSPS) is 14.2. The van der Waals surface area contributed by atoms with Crippen molar-refractivity contribution < 1.29 is 29.0 Å². The van der Waals surface area contributed by atoms with E-state index in [0.29, 0.717) is 5.56 Å². The highest BCUT2D eigenvalue weighted by Gasteiger charge is 2.31. The molecule has 10 nitrogen and oxygen atoms in total. The largest absolute Gasteiger partial charge is 0.481 e. The number of hydrogen-bond donors (Lipinski definition) is 2. The van der Waals surface area contributed by atoms with E-state index in [4.69, 9.17) is 21.4 Å². The van der Waals surface area contributed by atoms with Crippen LogP contribution in [0.2, 0.25) is 5.15 Å². The van der Waals surface area contributed by atoms with Crippen LogP contribution in [0, 0.1) is 0 Å². The van der Waals surface area contributed by atoms with E-state index in [-0.39, 0.29) is 56.5 Å². The number of hydrogen-bond acceptors (Lipinski definition) is 6. The Balaban J connectivity index is 1.73.